The Morgan fingerprint density at radius 2 is 2.20 bits per heavy atom. The summed E-state index contributed by atoms with van der Waals surface area (Å²) in [5.74, 6) is 0.650. The number of hydrogen-bond acceptors (Lipinski definition) is 5. The van der Waals surface area contributed by atoms with Crippen molar-refractivity contribution in [3.8, 4) is 5.75 Å². The summed E-state index contributed by atoms with van der Waals surface area (Å²) in [5, 5.41) is 4.23. The molecule has 0 unspecified atom stereocenters. The van der Waals surface area contributed by atoms with Crippen LogP contribution in [0.5, 0.6) is 5.75 Å². The maximum atomic E-state index is 12.6. The minimum atomic E-state index is -0.189. The Kier molecular flexibility index (Phi) is 4.19. The number of hydrogen-bond donors (Lipinski definition) is 0. The molecule has 0 aliphatic rings. The standard InChI is InChI=1S/C13H19N5O2/c1-16(2)7-8-18-11(10(20-4)9-15-18)12(19)13-14-5-6-17(13)3/h5-6,9H,7-8H2,1-4H3. The fraction of sp³-hybridized carbons (Fsp3) is 0.462. The van der Waals surface area contributed by atoms with Crippen molar-refractivity contribution in [3.63, 3.8) is 0 Å². The second kappa shape index (κ2) is 5.87. The van der Waals surface area contributed by atoms with Crippen molar-refractivity contribution in [2.24, 2.45) is 7.05 Å². The number of ether oxygens (including phenoxy) is 1. The Balaban J connectivity index is 2.36. The monoisotopic (exact) mass is 277 g/mol. The molecule has 0 radical (unpaired) electrons. The summed E-state index contributed by atoms with van der Waals surface area (Å²) in [6, 6.07) is 0. The number of aryl methyl sites for hydroxylation is 1. The lowest BCUT2D eigenvalue weighted by Crippen LogP contribution is -2.22. The molecule has 0 N–H and O–H groups in total. The van der Waals surface area contributed by atoms with Crippen LogP contribution in [0.15, 0.2) is 18.6 Å². The molecule has 2 aromatic heterocycles. The maximum absolute atomic E-state index is 12.6. The molecule has 0 atom stereocenters. The van der Waals surface area contributed by atoms with Gasteiger partial charge < -0.3 is 14.2 Å². The fourth-order valence-electron chi connectivity index (χ4n) is 1.90. The van der Waals surface area contributed by atoms with E-state index in [1.165, 1.54) is 7.11 Å². The molecule has 0 saturated carbocycles. The Labute approximate surface area is 117 Å². The molecule has 2 heterocycles. The molecule has 0 bridgehead atoms. The molecule has 2 rings (SSSR count). The Morgan fingerprint density at radius 3 is 2.75 bits per heavy atom. The first-order valence-corrected chi connectivity index (χ1v) is 6.31. The van der Waals surface area contributed by atoms with Gasteiger partial charge in [0.2, 0.25) is 5.78 Å². The topological polar surface area (TPSA) is 65.2 Å². The molecule has 0 aliphatic heterocycles. The van der Waals surface area contributed by atoms with Gasteiger partial charge in [0.1, 0.15) is 0 Å². The predicted molar refractivity (Wildman–Crippen MR) is 74.0 cm³/mol. The summed E-state index contributed by atoms with van der Waals surface area (Å²) in [4.78, 5) is 18.7. The first-order valence-electron chi connectivity index (χ1n) is 6.31. The number of aromatic nitrogens is 4. The van der Waals surface area contributed by atoms with Gasteiger partial charge in [0.25, 0.3) is 0 Å². The molecular formula is C13H19N5O2. The molecule has 0 aromatic carbocycles. The SMILES string of the molecule is COc1cnn(CCN(C)C)c1C(=O)c1nccn1C. The highest BCUT2D eigenvalue weighted by atomic mass is 16.5. The number of carbonyl (C=O) groups is 1. The molecule has 20 heavy (non-hydrogen) atoms. The van der Waals surface area contributed by atoms with Crippen LogP contribution in [0.4, 0.5) is 0 Å². The lowest BCUT2D eigenvalue weighted by molar-refractivity contribution is 0.101. The molecule has 7 heteroatoms. The highest BCUT2D eigenvalue weighted by Gasteiger charge is 2.23. The molecule has 108 valence electrons. The summed E-state index contributed by atoms with van der Waals surface area (Å²) in [5.41, 5.74) is 0.434. The van der Waals surface area contributed by atoms with Crippen LogP contribution >= 0.6 is 0 Å². The van der Waals surface area contributed by atoms with Gasteiger partial charge in [-0.1, -0.05) is 0 Å². The van der Waals surface area contributed by atoms with Crippen LogP contribution in [0.1, 0.15) is 16.3 Å². The molecular weight excluding hydrogens is 258 g/mol. The van der Waals surface area contributed by atoms with Crippen molar-refractivity contribution in [3.05, 3.63) is 30.1 Å². The first-order chi connectivity index (χ1) is 9.54. The average molecular weight is 277 g/mol. The number of imidazole rings is 1. The van der Waals surface area contributed by atoms with E-state index in [0.717, 1.165) is 6.54 Å². The quantitative estimate of drug-likeness (QED) is 0.716. The second-order valence-electron chi connectivity index (χ2n) is 4.78. The van der Waals surface area contributed by atoms with Crippen LogP contribution in [-0.4, -0.2) is 57.8 Å². The number of methoxy groups -OCH3 is 1. The summed E-state index contributed by atoms with van der Waals surface area (Å²) in [6.07, 6.45) is 4.90. The molecule has 0 saturated heterocycles. The first kappa shape index (κ1) is 14.3. The Hall–Kier alpha value is -2.15. The van der Waals surface area contributed by atoms with Gasteiger partial charge in [0.15, 0.2) is 17.3 Å². The van der Waals surface area contributed by atoms with Crippen LogP contribution in [0.2, 0.25) is 0 Å². The lowest BCUT2D eigenvalue weighted by Gasteiger charge is -2.12. The highest BCUT2D eigenvalue weighted by molar-refractivity contribution is 6.07. The lowest BCUT2D eigenvalue weighted by atomic mass is 10.2. The van der Waals surface area contributed by atoms with Gasteiger partial charge in [-0.3, -0.25) is 9.48 Å². The van der Waals surface area contributed by atoms with Crippen LogP contribution in [-0.2, 0) is 13.6 Å². The maximum Gasteiger partial charge on any atom is 0.250 e. The van der Waals surface area contributed by atoms with E-state index in [0.29, 0.717) is 23.8 Å². The van der Waals surface area contributed by atoms with Crippen molar-refractivity contribution in [2.45, 2.75) is 6.54 Å². The van der Waals surface area contributed by atoms with E-state index < -0.39 is 0 Å². The molecule has 0 aliphatic carbocycles. The Bertz CT molecular complexity index is 600. The minimum absolute atomic E-state index is 0.189. The van der Waals surface area contributed by atoms with Crippen LogP contribution in [0, 0.1) is 0 Å². The zero-order valence-corrected chi connectivity index (χ0v) is 12.2. The number of rotatable bonds is 6. The number of ketones is 1. The third kappa shape index (κ3) is 2.72. The molecule has 0 fully saturated rings. The molecule has 0 spiro atoms. The van der Waals surface area contributed by atoms with Gasteiger partial charge in [-0.2, -0.15) is 5.10 Å². The smallest absolute Gasteiger partial charge is 0.250 e. The van der Waals surface area contributed by atoms with Crippen LogP contribution in [0.3, 0.4) is 0 Å². The van der Waals surface area contributed by atoms with Crippen LogP contribution in [0.25, 0.3) is 0 Å². The number of nitrogens with zero attached hydrogens (tertiary/aromatic N) is 5. The van der Waals surface area contributed by atoms with Gasteiger partial charge >= 0.3 is 0 Å². The summed E-state index contributed by atoms with van der Waals surface area (Å²) in [7, 11) is 7.26. The van der Waals surface area contributed by atoms with E-state index in [4.69, 9.17) is 4.74 Å². The molecule has 0 amide bonds. The van der Waals surface area contributed by atoms with E-state index in [2.05, 4.69) is 10.1 Å². The largest absolute Gasteiger partial charge is 0.493 e. The van der Waals surface area contributed by atoms with Gasteiger partial charge in [-0.15, -0.1) is 0 Å². The second-order valence-corrected chi connectivity index (χ2v) is 4.78. The van der Waals surface area contributed by atoms with E-state index in [1.807, 2.05) is 19.0 Å². The van der Waals surface area contributed by atoms with Gasteiger partial charge in [-0.05, 0) is 14.1 Å². The normalized spacial score (nSPS) is 11.1. The summed E-state index contributed by atoms with van der Waals surface area (Å²) < 4.78 is 8.59. The summed E-state index contributed by atoms with van der Waals surface area (Å²) in [6.45, 7) is 1.40. The van der Waals surface area contributed by atoms with Crippen molar-refractivity contribution in [1.82, 2.24) is 24.2 Å². The number of likely N-dealkylation sites (N-methyl/N-ethyl adjacent to an activating group) is 1. The predicted octanol–water partition coefficient (Wildman–Crippen LogP) is 0.418. The summed E-state index contributed by atoms with van der Waals surface area (Å²) >= 11 is 0. The average Bonchev–Trinajstić information content (AvgIpc) is 3.01. The van der Waals surface area contributed by atoms with Gasteiger partial charge in [-0.25, -0.2) is 4.98 Å². The van der Waals surface area contributed by atoms with E-state index in [9.17, 15) is 4.79 Å². The molecule has 2 aromatic rings. The zero-order chi connectivity index (χ0) is 14.7. The van der Waals surface area contributed by atoms with Gasteiger partial charge in [0.05, 0.1) is 19.9 Å². The minimum Gasteiger partial charge on any atom is -0.493 e. The number of carbonyl (C=O) groups excluding carboxylic acids is 1. The van der Waals surface area contributed by atoms with E-state index >= 15 is 0 Å². The van der Waals surface area contributed by atoms with E-state index in [-0.39, 0.29) is 5.78 Å². The van der Waals surface area contributed by atoms with Crippen molar-refractivity contribution in [2.75, 3.05) is 27.7 Å². The highest BCUT2D eigenvalue weighted by Crippen LogP contribution is 2.20. The van der Waals surface area contributed by atoms with Crippen molar-refractivity contribution in [1.29, 1.82) is 0 Å². The van der Waals surface area contributed by atoms with Crippen molar-refractivity contribution >= 4 is 5.78 Å². The Morgan fingerprint density at radius 1 is 1.45 bits per heavy atom. The zero-order valence-electron chi connectivity index (χ0n) is 12.2. The molecule has 7 nitrogen and oxygen atoms in total. The van der Waals surface area contributed by atoms with E-state index in [1.54, 1.807) is 34.9 Å². The fourth-order valence-corrected chi connectivity index (χ4v) is 1.90. The third-order valence-corrected chi connectivity index (χ3v) is 3.02. The van der Waals surface area contributed by atoms with Crippen LogP contribution < -0.4 is 4.74 Å². The van der Waals surface area contributed by atoms with Gasteiger partial charge in [0, 0.05) is 26.0 Å². The third-order valence-electron chi connectivity index (χ3n) is 3.02. The van der Waals surface area contributed by atoms with Crippen molar-refractivity contribution < 1.29 is 9.53 Å².